The van der Waals surface area contributed by atoms with Crippen LogP contribution in [0.25, 0.3) is 0 Å². The Labute approximate surface area is 120 Å². The molecule has 1 aliphatic heterocycles. The van der Waals surface area contributed by atoms with Crippen molar-refractivity contribution in [2.45, 2.75) is 59.9 Å². The van der Waals surface area contributed by atoms with Crippen LogP contribution in [0, 0.1) is 23.2 Å². The molecule has 0 amide bonds. The summed E-state index contributed by atoms with van der Waals surface area (Å²) in [5.41, 5.74) is 0.480. The van der Waals surface area contributed by atoms with E-state index in [1.807, 2.05) is 0 Å². The van der Waals surface area contributed by atoms with Crippen LogP contribution < -0.4 is 5.32 Å². The van der Waals surface area contributed by atoms with Gasteiger partial charge in [0.2, 0.25) is 0 Å². The maximum absolute atomic E-state index is 3.77. The monoisotopic (exact) mass is 266 g/mol. The smallest absolute Gasteiger partial charge is 0.0159 e. The van der Waals surface area contributed by atoms with Crippen LogP contribution >= 0.6 is 0 Å². The molecule has 0 bridgehead atoms. The fraction of sp³-hybridized carbons (Fsp3) is 1.00. The van der Waals surface area contributed by atoms with Gasteiger partial charge in [-0.1, -0.05) is 34.6 Å². The third-order valence-corrected chi connectivity index (χ3v) is 5.33. The molecule has 2 fully saturated rings. The molecule has 1 heterocycles. The van der Waals surface area contributed by atoms with Gasteiger partial charge in [0, 0.05) is 25.7 Å². The van der Waals surface area contributed by atoms with E-state index in [0.29, 0.717) is 11.5 Å². The van der Waals surface area contributed by atoms with Crippen molar-refractivity contribution in [3.63, 3.8) is 0 Å². The molecule has 2 aliphatic rings. The Bertz CT molecular complexity index is 277. The Morgan fingerprint density at radius 3 is 2.37 bits per heavy atom. The van der Waals surface area contributed by atoms with E-state index >= 15 is 0 Å². The van der Waals surface area contributed by atoms with E-state index in [9.17, 15) is 0 Å². The molecule has 1 saturated heterocycles. The highest BCUT2D eigenvalue weighted by atomic mass is 15.1. The third kappa shape index (κ3) is 3.72. The summed E-state index contributed by atoms with van der Waals surface area (Å²) < 4.78 is 0. The highest BCUT2D eigenvalue weighted by Gasteiger charge is 2.42. The summed E-state index contributed by atoms with van der Waals surface area (Å²) in [5, 5.41) is 3.77. The highest BCUT2D eigenvalue weighted by molar-refractivity contribution is 4.97. The van der Waals surface area contributed by atoms with Crippen LogP contribution in [-0.2, 0) is 0 Å². The second-order valence-corrected chi connectivity index (χ2v) is 7.99. The first kappa shape index (κ1) is 15.3. The zero-order chi connectivity index (χ0) is 14.0. The number of rotatable bonds is 4. The van der Waals surface area contributed by atoms with Crippen LogP contribution in [0.4, 0.5) is 0 Å². The Balaban J connectivity index is 1.94. The Morgan fingerprint density at radius 1 is 1.16 bits per heavy atom. The zero-order valence-electron chi connectivity index (χ0n) is 13.7. The molecule has 19 heavy (non-hydrogen) atoms. The topological polar surface area (TPSA) is 15.3 Å². The summed E-state index contributed by atoms with van der Waals surface area (Å²) in [6.07, 6.45) is 4.21. The van der Waals surface area contributed by atoms with Gasteiger partial charge in [-0.05, 0) is 49.0 Å². The number of nitrogens with zero attached hydrogens (tertiary/aromatic N) is 1. The van der Waals surface area contributed by atoms with Crippen LogP contribution in [0.5, 0.6) is 0 Å². The molecule has 0 aromatic rings. The van der Waals surface area contributed by atoms with Gasteiger partial charge in [0.05, 0.1) is 0 Å². The maximum Gasteiger partial charge on any atom is 0.0159 e. The van der Waals surface area contributed by atoms with Crippen LogP contribution in [-0.4, -0.2) is 37.1 Å². The van der Waals surface area contributed by atoms with E-state index in [0.717, 1.165) is 24.3 Å². The first-order valence-electron chi connectivity index (χ1n) is 8.38. The lowest BCUT2D eigenvalue weighted by Gasteiger charge is -2.39. The lowest BCUT2D eigenvalue weighted by atomic mass is 9.84. The molecule has 1 aliphatic carbocycles. The minimum Gasteiger partial charge on any atom is -0.313 e. The Kier molecular flexibility index (Phi) is 4.94. The maximum atomic E-state index is 3.77. The van der Waals surface area contributed by atoms with Crippen molar-refractivity contribution in [1.29, 1.82) is 0 Å². The van der Waals surface area contributed by atoms with Gasteiger partial charge >= 0.3 is 0 Å². The van der Waals surface area contributed by atoms with Gasteiger partial charge in [0.1, 0.15) is 0 Å². The minimum absolute atomic E-state index is 0.480. The van der Waals surface area contributed by atoms with E-state index in [4.69, 9.17) is 0 Å². The van der Waals surface area contributed by atoms with Crippen molar-refractivity contribution in [3.8, 4) is 0 Å². The molecule has 2 nitrogen and oxygen atoms in total. The fourth-order valence-electron chi connectivity index (χ4n) is 4.65. The zero-order valence-corrected chi connectivity index (χ0v) is 13.7. The molecule has 2 rings (SSSR count). The SMILES string of the molecule is CCNC1C(CN2CC(C)CC(C)C2)CCC1(C)C. The second kappa shape index (κ2) is 6.13. The molecule has 1 N–H and O–H groups in total. The summed E-state index contributed by atoms with van der Waals surface area (Å²) in [7, 11) is 0. The molecule has 0 radical (unpaired) electrons. The van der Waals surface area contributed by atoms with Gasteiger partial charge in [0.15, 0.2) is 0 Å². The van der Waals surface area contributed by atoms with E-state index in [1.165, 1.54) is 38.9 Å². The van der Waals surface area contributed by atoms with Crippen molar-refractivity contribution < 1.29 is 0 Å². The molecule has 4 unspecified atom stereocenters. The van der Waals surface area contributed by atoms with Crippen molar-refractivity contribution in [1.82, 2.24) is 10.2 Å². The largest absolute Gasteiger partial charge is 0.313 e. The molecule has 0 aromatic heterocycles. The molecule has 112 valence electrons. The number of nitrogens with one attached hydrogen (secondary N) is 1. The standard InChI is InChI=1S/C17H34N2/c1-6-18-16-15(7-8-17(16,4)5)12-19-10-13(2)9-14(3)11-19/h13-16,18H,6-12H2,1-5H3. The van der Waals surface area contributed by atoms with Gasteiger partial charge in [-0.2, -0.15) is 0 Å². The van der Waals surface area contributed by atoms with Crippen LogP contribution in [0.15, 0.2) is 0 Å². The lowest BCUT2D eigenvalue weighted by Crippen LogP contribution is -2.48. The van der Waals surface area contributed by atoms with Crippen LogP contribution in [0.3, 0.4) is 0 Å². The van der Waals surface area contributed by atoms with Gasteiger partial charge in [0.25, 0.3) is 0 Å². The summed E-state index contributed by atoms with van der Waals surface area (Å²) >= 11 is 0. The summed E-state index contributed by atoms with van der Waals surface area (Å²) in [6, 6.07) is 0.713. The van der Waals surface area contributed by atoms with Crippen molar-refractivity contribution in [2.24, 2.45) is 23.2 Å². The fourth-order valence-corrected chi connectivity index (χ4v) is 4.65. The molecule has 2 heteroatoms. The number of hydrogen-bond acceptors (Lipinski definition) is 2. The van der Waals surface area contributed by atoms with Crippen molar-refractivity contribution >= 4 is 0 Å². The summed E-state index contributed by atoms with van der Waals surface area (Å²) in [5.74, 6) is 2.62. The number of hydrogen-bond donors (Lipinski definition) is 1. The quantitative estimate of drug-likeness (QED) is 0.839. The third-order valence-electron chi connectivity index (χ3n) is 5.33. The average Bonchev–Trinajstić information content (AvgIpc) is 2.55. The summed E-state index contributed by atoms with van der Waals surface area (Å²) in [4.78, 5) is 2.75. The molecular formula is C17H34N2. The van der Waals surface area contributed by atoms with Crippen LogP contribution in [0.2, 0.25) is 0 Å². The minimum atomic E-state index is 0.480. The predicted octanol–water partition coefficient (Wildman–Crippen LogP) is 3.38. The molecule has 1 saturated carbocycles. The molecule has 4 atom stereocenters. The molecule has 0 spiro atoms. The summed E-state index contributed by atoms with van der Waals surface area (Å²) in [6.45, 7) is 17.0. The van der Waals surface area contributed by atoms with Crippen molar-refractivity contribution in [2.75, 3.05) is 26.2 Å². The first-order valence-corrected chi connectivity index (χ1v) is 8.38. The lowest BCUT2D eigenvalue weighted by molar-refractivity contribution is 0.109. The Morgan fingerprint density at radius 2 is 1.79 bits per heavy atom. The van der Waals surface area contributed by atoms with Gasteiger partial charge in [-0.15, -0.1) is 0 Å². The molecular weight excluding hydrogens is 232 g/mol. The number of likely N-dealkylation sites (tertiary alicyclic amines) is 1. The van der Waals surface area contributed by atoms with Crippen molar-refractivity contribution in [3.05, 3.63) is 0 Å². The number of piperidine rings is 1. The van der Waals surface area contributed by atoms with E-state index in [2.05, 4.69) is 44.8 Å². The van der Waals surface area contributed by atoms with E-state index in [-0.39, 0.29) is 0 Å². The molecule has 0 aromatic carbocycles. The van der Waals surface area contributed by atoms with Crippen LogP contribution in [0.1, 0.15) is 53.9 Å². The van der Waals surface area contributed by atoms with E-state index in [1.54, 1.807) is 0 Å². The first-order chi connectivity index (χ1) is 8.92. The van der Waals surface area contributed by atoms with Gasteiger partial charge < -0.3 is 10.2 Å². The van der Waals surface area contributed by atoms with Gasteiger partial charge in [-0.3, -0.25) is 0 Å². The Hall–Kier alpha value is -0.0800. The average molecular weight is 266 g/mol. The van der Waals surface area contributed by atoms with E-state index < -0.39 is 0 Å². The van der Waals surface area contributed by atoms with Gasteiger partial charge in [-0.25, -0.2) is 0 Å². The highest BCUT2D eigenvalue weighted by Crippen LogP contribution is 2.42. The normalized spacial score (nSPS) is 39.6. The second-order valence-electron chi connectivity index (χ2n) is 7.99. The predicted molar refractivity (Wildman–Crippen MR) is 83.4 cm³/mol.